The molecule has 0 aliphatic carbocycles. The number of carbonyl (C=O) groups excluding carboxylic acids is 1. The number of nitrogens with zero attached hydrogens (tertiary/aromatic N) is 2. The summed E-state index contributed by atoms with van der Waals surface area (Å²) < 4.78 is 37.4. The van der Waals surface area contributed by atoms with Crippen molar-refractivity contribution < 1.29 is 22.7 Å². The lowest BCUT2D eigenvalue weighted by atomic mass is 10.1. The summed E-state index contributed by atoms with van der Waals surface area (Å²) in [7, 11) is -1.85. The predicted molar refractivity (Wildman–Crippen MR) is 109 cm³/mol. The normalized spacial score (nSPS) is 25.3. The highest BCUT2D eigenvalue weighted by atomic mass is 32.2. The highest BCUT2D eigenvalue weighted by Crippen LogP contribution is 2.41. The third-order valence-corrected chi connectivity index (χ3v) is 8.51. The molecule has 0 aromatic heterocycles. The quantitative estimate of drug-likeness (QED) is 0.517. The van der Waals surface area contributed by atoms with E-state index in [1.54, 1.807) is 25.3 Å². The maximum absolute atomic E-state index is 13.3. The van der Waals surface area contributed by atoms with Gasteiger partial charge < -0.3 is 24.6 Å². The molecule has 3 heterocycles. The zero-order valence-corrected chi connectivity index (χ0v) is 17.6. The summed E-state index contributed by atoms with van der Waals surface area (Å²) in [5.74, 6) is 0.618. The second-order valence-corrected chi connectivity index (χ2v) is 10.3. The molecule has 4 rings (SSSR count). The molecule has 0 saturated carbocycles. The molecule has 1 aromatic rings. The molecule has 3 fully saturated rings. The molecule has 9 heteroatoms. The van der Waals surface area contributed by atoms with Crippen molar-refractivity contribution in [3.8, 4) is 5.75 Å². The van der Waals surface area contributed by atoms with E-state index in [0.29, 0.717) is 36.6 Å². The van der Waals surface area contributed by atoms with Crippen LogP contribution in [0.3, 0.4) is 0 Å². The van der Waals surface area contributed by atoms with Gasteiger partial charge in [0.25, 0.3) is 0 Å². The number of anilines is 1. The number of hydrogen-bond donors (Lipinski definition) is 1. The van der Waals surface area contributed by atoms with Crippen LogP contribution in [-0.2, 0) is 19.4 Å². The number of piperazine rings is 1. The number of ether oxygens (including phenoxy) is 2. The summed E-state index contributed by atoms with van der Waals surface area (Å²) in [6.45, 7) is 2.84. The van der Waals surface area contributed by atoms with Crippen LogP contribution in [0.25, 0.3) is 0 Å². The average Bonchev–Trinajstić information content (AvgIpc) is 3.01. The van der Waals surface area contributed by atoms with Crippen LogP contribution in [0, 0.1) is 0 Å². The number of sulfone groups is 1. The summed E-state index contributed by atoms with van der Waals surface area (Å²) >= 11 is 0. The largest absolute Gasteiger partial charge is 0.465 e. The van der Waals surface area contributed by atoms with Crippen LogP contribution in [0.2, 0.25) is 0 Å². The van der Waals surface area contributed by atoms with Crippen molar-refractivity contribution in [1.82, 2.24) is 10.2 Å². The van der Waals surface area contributed by atoms with E-state index in [-0.39, 0.29) is 24.1 Å². The minimum atomic E-state index is -3.41. The van der Waals surface area contributed by atoms with Crippen molar-refractivity contribution in [2.45, 2.75) is 47.9 Å². The van der Waals surface area contributed by atoms with Gasteiger partial charge in [0.15, 0.2) is 16.6 Å². The van der Waals surface area contributed by atoms with Crippen molar-refractivity contribution in [3.05, 3.63) is 18.2 Å². The number of fused-ring (bicyclic) bond motifs is 2. The Morgan fingerprint density at radius 2 is 1.83 bits per heavy atom. The second-order valence-electron chi connectivity index (χ2n) is 8.03. The second kappa shape index (κ2) is 8.49. The third kappa shape index (κ3) is 3.95. The van der Waals surface area contributed by atoms with Gasteiger partial charge in [0, 0.05) is 32.3 Å². The Labute approximate surface area is 172 Å². The van der Waals surface area contributed by atoms with Crippen LogP contribution in [-0.4, -0.2) is 77.1 Å². The van der Waals surface area contributed by atoms with E-state index in [1.165, 1.54) is 0 Å². The Bertz CT molecular complexity index is 827. The predicted octanol–water partition coefficient (Wildman–Crippen LogP) is 1.00. The maximum atomic E-state index is 13.3. The van der Waals surface area contributed by atoms with Gasteiger partial charge in [-0.2, -0.15) is 0 Å². The van der Waals surface area contributed by atoms with Crippen LogP contribution in [0.15, 0.2) is 23.1 Å². The summed E-state index contributed by atoms with van der Waals surface area (Å²) in [4.78, 5) is 15.7. The van der Waals surface area contributed by atoms with E-state index < -0.39 is 9.84 Å². The Kier molecular flexibility index (Phi) is 5.98. The lowest BCUT2D eigenvalue weighted by Gasteiger charge is -2.41. The van der Waals surface area contributed by atoms with E-state index >= 15 is 0 Å². The third-order valence-electron chi connectivity index (χ3n) is 6.25. The summed E-state index contributed by atoms with van der Waals surface area (Å²) in [6.07, 6.45) is 4.11. The van der Waals surface area contributed by atoms with Crippen LogP contribution in [0.5, 0.6) is 5.75 Å². The van der Waals surface area contributed by atoms with E-state index in [1.807, 2.05) is 4.90 Å². The first kappa shape index (κ1) is 20.4. The van der Waals surface area contributed by atoms with Crippen molar-refractivity contribution in [3.63, 3.8) is 0 Å². The average molecular weight is 424 g/mol. The molecule has 1 N–H and O–H groups in total. The van der Waals surface area contributed by atoms with Gasteiger partial charge in [-0.05, 0) is 57.0 Å². The molecular formula is C20H29N3O5S. The van der Waals surface area contributed by atoms with Crippen LogP contribution >= 0.6 is 0 Å². The van der Waals surface area contributed by atoms with E-state index in [0.717, 1.165) is 38.0 Å². The monoisotopic (exact) mass is 423 g/mol. The Balaban J connectivity index is 1.69. The van der Waals surface area contributed by atoms with E-state index in [2.05, 4.69) is 10.2 Å². The minimum absolute atomic E-state index is 0.0943. The van der Waals surface area contributed by atoms with Gasteiger partial charge in [-0.3, -0.25) is 4.79 Å². The van der Waals surface area contributed by atoms with Gasteiger partial charge in [-0.15, -0.1) is 0 Å². The number of nitrogens with one attached hydrogen (secondary N) is 1. The SMILES string of the molecule is COCOc1ccc(S(=O)(=O)C2CCNCC2)cc1N1C2CCC1CN(C=O)C2. The van der Waals surface area contributed by atoms with Crippen molar-refractivity contribution in [2.75, 3.05) is 45.0 Å². The van der Waals surface area contributed by atoms with Gasteiger partial charge in [0.2, 0.25) is 6.41 Å². The number of benzene rings is 1. The highest BCUT2D eigenvalue weighted by Gasteiger charge is 2.41. The highest BCUT2D eigenvalue weighted by molar-refractivity contribution is 7.92. The van der Waals surface area contributed by atoms with Crippen LogP contribution in [0.1, 0.15) is 25.7 Å². The lowest BCUT2D eigenvalue weighted by molar-refractivity contribution is -0.119. The Morgan fingerprint density at radius 1 is 1.14 bits per heavy atom. The van der Waals surface area contributed by atoms with Crippen LogP contribution in [0.4, 0.5) is 5.69 Å². The van der Waals surface area contributed by atoms with Gasteiger partial charge in [0.1, 0.15) is 5.75 Å². The standard InChI is InChI=1S/C20H29N3O5S/c1-27-14-28-20-5-4-18(29(25,26)17-6-8-21-9-7-17)10-19(20)23-15-2-3-16(23)12-22(11-15)13-24/h4-5,10,13,15-17,21H,2-3,6-9,11-12,14H2,1H3. The zero-order valence-electron chi connectivity index (χ0n) is 16.7. The Morgan fingerprint density at radius 3 is 2.45 bits per heavy atom. The summed E-state index contributed by atoms with van der Waals surface area (Å²) in [6, 6.07) is 5.49. The molecule has 2 atom stereocenters. The number of methoxy groups -OCH3 is 1. The topological polar surface area (TPSA) is 88.2 Å². The van der Waals surface area contributed by atoms with E-state index in [9.17, 15) is 13.2 Å². The van der Waals surface area contributed by atoms with Gasteiger partial charge in [-0.1, -0.05) is 0 Å². The number of carbonyl (C=O) groups is 1. The Hall–Kier alpha value is -1.84. The molecule has 3 aliphatic heterocycles. The first-order valence-corrected chi connectivity index (χ1v) is 11.8. The van der Waals surface area contributed by atoms with Gasteiger partial charge in [0.05, 0.1) is 15.8 Å². The summed E-state index contributed by atoms with van der Waals surface area (Å²) in [5.41, 5.74) is 0.787. The fraction of sp³-hybridized carbons (Fsp3) is 0.650. The lowest BCUT2D eigenvalue weighted by Crippen LogP contribution is -2.53. The first-order valence-electron chi connectivity index (χ1n) is 10.2. The molecule has 29 heavy (non-hydrogen) atoms. The number of amides is 1. The zero-order chi connectivity index (χ0) is 20.4. The number of piperidine rings is 1. The van der Waals surface area contributed by atoms with Crippen molar-refractivity contribution >= 4 is 21.9 Å². The van der Waals surface area contributed by atoms with Gasteiger partial charge in [-0.25, -0.2) is 8.42 Å². The molecule has 2 bridgehead atoms. The summed E-state index contributed by atoms with van der Waals surface area (Å²) in [5, 5.41) is 2.87. The van der Waals surface area contributed by atoms with E-state index in [4.69, 9.17) is 9.47 Å². The molecule has 0 spiro atoms. The molecule has 160 valence electrons. The van der Waals surface area contributed by atoms with Crippen molar-refractivity contribution in [1.29, 1.82) is 0 Å². The molecule has 1 aromatic carbocycles. The van der Waals surface area contributed by atoms with Crippen molar-refractivity contribution in [2.24, 2.45) is 0 Å². The fourth-order valence-corrected chi connectivity index (χ4v) is 6.61. The first-order chi connectivity index (χ1) is 14.0. The molecule has 1 amide bonds. The number of rotatable bonds is 7. The van der Waals surface area contributed by atoms with Crippen LogP contribution < -0.4 is 15.0 Å². The van der Waals surface area contributed by atoms with Gasteiger partial charge >= 0.3 is 0 Å². The number of likely N-dealkylation sites (tertiary alicyclic amines) is 1. The smallest absolute Gasteiger partial charge is 0.209 e. The molecule has 3 saturated heterocycles. The molecule has 3 aliphatic rings. The molecule has 2 unspecified atom stereocenters. The molecule has 0 radical (unpaired) electrons. The fourth-order valence-electron chi connectivity index (χ4n) is 4.83. The number of hydrogen-bond acceptors (Lipinski definition) is 7. The molecular weight excluding hydrogens is 394 g/mol. The maximum Gasteiger partial charge on any atom is 0.209 e. The molecule has 8 nitrogen and oxygen atoms in total. The minimum Gasteiger partial charge on any atom is -0.465 e.